The maximum atomic E-state index is 12.2. The number of hydrogen-bond acceptors (Lipinski definition) is 3. The molecule has 1 atom stereocenters. The molecule has 1 aromatic rings. The Morgan fingerprint density at radius 1 is 1.25 bits per heavy atom. The van der Waals surface area contributed by atoms with Gasteiger partial charge in [0, 0.05) is 5.69 Å². The van der Waals surface area contributed by atoms with E-state index in [-0.39, 0.29) is 12.0 Å². The molecule has 1 unspecified atom stereocenters. The van der Waals surface area contributed by atoms with Crippen molar-refractivity contribution >= 4 is 11.7 Å². The molecule has 0 saturated heterocycles. The molecule has 1 aromatic carbocycles. The summed E-state index contributed by atoms with van der Waals surface area (Å²) >= 11 is 0. The number of ether oxygens (including phenoxy) is 1. The van der Waals surface area contributed by atoms with Crippen molar-refractivity contribution in [1.29, 1.82) is 0 Å². The van der Waals surface area contributed by atoms with Crippen LogP contribution in [-0.4, -0.2) is 18.6 Å². The molecule has 0 radical (unpaired) electrons. The standard InChI is InChI=1S/C17H25NO2/c1-3-20-17(19)16(14-11-9-13(2)10-12-14)18-15-7-5-4-6-8-15/h4-8,13-14,16,18H,3,9-12H2,1-2H3. The van der Waals surface area contributed by atoms with Crippen molar-refractivity contribution in [1.82, 2.24) is 0 Å². The van der Waals surface area contributed by atoms with E-state index in [1.165, 1.54) is 12.8 Å². The highest BCUT2D eigenvalue weighted by atomic mass is 16.5. The molecule has 20 heavy (non-hydrogen) atoms. The molecular weight excluding hydrogens is 250 g/mol. The highest BCUT2D eigenvalue weighted by Gasteiger charge is 2.32. The van der Waals surface area contributed by atoms with Crippen molar-refractivity contribution in [2.75, 3.05) is 11.9 Å². The minimum atomic E-state index is -0.218. The maximum Gasteiger partial charge on any atom is 0.328 e. The Morgan fingerprint density at radius 2 is 1.90 bits per heavy atom. The van der Waals surface area contributed by atoms with Gasteiger partial charge < -0.3 is 10.1 Å². The molecule has 2 rings (SSSR count). The minimum absolute atomic E-state index is 0.115. The Hall–Kier alpha value is -1.51. The lowest BCUT2D eigenvalue weighted by Gasteiger charge is -2.32. The van der Waals surface area contributed by atoms with Gasteiger partial charge in [-0.25, -0.2) is 4.79 Å². The summed E-state index contributed by atoms with van der Waals surface area (Å²) < 4.78 is 5.25. The summed E-state index contributed by atoms with van der Waals surface area (Å²) in [6.07, 6.45) is 4.61. The van der Waals surface area contributed by atoms with Crippen molar-refractivity contribution in [3.05, 3.63) is 30.3 Å². The average Bonchev–Trinajstić information content (AvgIpc) is 2.47. The van der Waals surface area contributed by atoms with Gasteiger partial charge >= 0.3 is 5.97 Å². The van der Waals surface area contributed by atoms with Crippen LogP contribution in [0.3, 0.4) is 0 Å². The molecule has 1 fully saturated rings. The van der Waals surface area contributed by atoms with Crippen LogP contribution < -0.4 is 5.32 Å². The van der Waals surface area contributed by atoms with Crippen molar-refractivity contribution in [3.63, 3.8) is 0 Å². The van der Waals surface area contributed by atoms with Gasteiger partial charge in [0.2, 0.25) is 0 Å². The number of anilines is 1. The van der Waals surface area contributed by atoms with Crippen LogP contribution in [0.1, 0.15) is 39.5 Å². The summed E-state index contributed by atoms with van der Waals surface area (Å²) in [7, 11) is 0. The zero-order valence-corrected chi connectivity index (χ0v) is 12.5. The van der Waals surface area contributed by atoms with Gasteiger partial charge in [-0.15, -0.1) is 0 Å². The number of carbonyl (C=O) groups is 1. The van der Waals surface area contributed by atoms with E-state index in [2.05, 4.69) is 12.2 Å². The van der Waals surface area contributed by atoms with Gasteiger partial charge in [0.15, 0.2) is 0 Å². The van der Waals surface area contributed by atoms with Crippen molar-refractivity contribution in [2.24, 2.45) is 11.8 Å². The van der Waals surface area contributed by atoms with Crippen LogP contribution in [0.2, 0.25) is 0 Å². The quantitative estimate of drug-likeness (QED) is 0.829. The Balaban J connectivity index is 2.06. The van der Waals surface area contributed by atoms with Crippen LogP contribution in [0.4, 0.5) is 5.69 Å². The molecule has 110 valence electrons. The van der Waals surface area contributed by atoms with Crippen LogP contribution in [0.5, 0.6) is 0 Å². The first-order chi connectivity index (χ1) is 9.70. The van der Waals surface area contributed by atoms with Gasteiger partial charge in [-0.1, -0.05) is 38.0 Å². The monoisotopic (exact) mass is 275 g/mol. The lowest BCUT2D eigenvalue weighted by molar-refractivity contribution is -0.145. The van der Waals surface area contributed by atoms with E-state index in [4.69, 9.17) is 4.74 Å². The molecule has 0 heterocycles. The number of nitrogens with one attached hydrogen (secondary N) is 1. The second kappa shape index (κ2) is 7.32. The zero-order valence-electron chi connectivity index (χ0n) is 12.5. The van der Waals surface area contributed by atoms with E-state index in [1.807, 2.05) is 37.3 Å². The van der Waals surface area contributed by atoms with Crippen molar-refractivity contribution in [3.8, 4) is 0 Å². The third-order valence-corrected chi connectivity index (χ3v) is 4.17. The second-order valence-electron chi connectivity index (χ2n) is 5.76. The highest BCUT2D eigenvalue weighted by Crippen LogP contribution is 2.32. The van der Waals surface area contributed by atoms with Gasteiger partial charge in [0.05, 0.1) is 6.61 Å². The Labute approximate surface area is 121 Å². The first-order valence-electron chi connectivity index (χ1n) is 7.69. The summed E-state index contributed by atoms with van der Waals surface area (Å²) in [6, 6.07) is 9.72. The Bertz CT molecular complexity index is 410. The number of rotatable bonds is 5. The smallest absolute Gasteiger partial charge is 0.328 e. The number of carbonyl (C=O) groups excluding carboxylic acids is 1. The number of benzene rings is 1. The zero-order chi connectivity index (χ0) is 14.4. The molecule has 0 bridgehead atoms. The average molecular weight is 275 g/mol. The molecule has 0 spiro atoms. The van der Waals surface area contributed by atoms with Gasteiger partial charge in [-0.2, -0.15) is 0 Å². The molecule has 0 amide bonds. The number of hydrogen-bond donors (Lipinski definition) is 1. The number of para-hydroxylation sites is 1. The lowest BCUT2D eigenvalue weighted by atomic mass is 9.79. The van der Waals surface area contributed by atoms with E-state index >= 15 is 0 Å². The lowest BCUT2D eigenvalue weighted by Crippen LogP contribution is -2.40. The van der Waals surface area contributed by atoms with E-state index in [0.717, 1.165) is 24.4 Å². The van der Waals surface area contributed by atoms with Gasteiger partial charge in [-0.05, 0) is 43.7 Å². The predicted molar refractivity (Wildman–Crippen MR) is 81.6 cm³/mol. The Kier molecular flexibility index (Phi) is 5.45. The fourth-order valence-corrected chi connectivity index (χ4v) is 2.93. The highest BCUT2D eigenvalue weighted by molar-refractivity contribution is 5.79. The van der Waals surface area contributed by atoms with Gasteiger partial charge in [0.1, 0.15) is 6.04 Å². The van der Waals surface area contributed by atoms with E-state index < -0.39 is 0 Å². The van der Waals surface area contributed by atoms with Crippen LogP contribution in [0.25, 0.3) is 0 Å². The third kappa shape index (κ3) is 3.99. The molecule has 1 saturated carbocycles. The van der Waals surface area contributed by atoms with Crippen LogP contribution in [-0.2, 0) is 9.53 Å². The molecule has 0 aliphatic heterocycles. The van der Waals surface area contributed by atoms with Crippen molar-refractivity contribution < 1.29 is 9.53 Å². The SMILES string of the molecule is CCOC(=O)C(Nc1ccccc1)C1CCC(C)CC1. The Morgan fingerprint density at radius 3 is 2.50 bits per heavy atom. The maximum absolute atomic E-state index is 12.2. The fourth-order valence-electron chi connectivity index (χ4n) is 2.93. The molecule has 1 aliphatic rings. The largest absolute Gasteiger partial charge is 0.464 e. The minimum Gasteiger partial charge on any atom is -0.464 e. The molecule has 3 nitrogen and oxygen atoms in total. The molecule has 1 N–H and O–H groups in total. The second-order valence-corrected chi connectivity index (χ2v) is 5.76. The van der Waals surface area contributed by atoms with Gasteiger partial charge in [0.25, 0.3) is 0 Å². The normalized spacial score (nSPS) is 23.9. The first kappa shape index (κ1) is 14.9. The summed E-state index contributed by atoms with van der Waals surface area (Å²) in [6.45, 7) is 4.59. The van der Waals surface area contributed by atoms with E-state index in [9.17, 15) is 4.79 Å². The fraction of sp³-hybridized carbons (Fsp3) is 0.588. The molecular formula is C17H25NO2. The molecule has 3 heteroatoms. The summed E-state index contributed by atoms with van der Waals surface area (Å²) in [4.78, 5) is 12.2. The molecule has 1 aliphatic carbocycles. The van der Waals surface area contributed by atoms with Crippen LogP contribution >= 0.6 is 0 Å². The first-order valence-corrected chi connectivity index (χ1v) is 7.69. The summed E-state index contributed by atoms with van der Waals surface area (Å²) in [5, 5.41) is 3.37. The molecule has 0 aromatic heterocycles. The number of esters is 1. The van der Waals surface area contributed by atoms with Gasteiger partial charge in [-0.3, -0.25) is 0 Å². The van der Waals surface area contributed by atoms with Crippen LogP contribution in [0, 0.1) is 11.8 Å². The predicted octanol–water partition coefficient (Wildman–Crippen LogP) is 3.86. The van der Waals surface area contributed by atoms with Crippen molar-refractivity contribution in [2.45, 2.75) is 45.6 Å². The van der Waals surface area contributed by atoms with E-state index in [0.29, 0.717) is 12.5 Å². The van der Waals surface area contributed by atoms with Crippen LogP contribution in [0.15, 0.2) is 30.3 Å². The summed E-state index contributed by atoms with van der Waals surface area (Å²) in [5.74, 6) is 1.05. The van der Waals surface area contributed by atoms with E-state index in [1.54, 1.807) is 0 Å². The summed E-state index contributed by atoms with van der Waals surface area (Å²) in [5.41, 5.74) is 0.990. The topological polar surface area (TPSA) is 38.3 Å². The third-order valence-electron chi connectivity index (χ3n) is 4.17.